The monoisotopic (exact) mass is 279 g/mol. The van der Waals surface area contributed by atoms with Gasteiger partial charge < -0.3 is 10.1 Å². The number of nitrogens with zero attached hydrogens (tertiary/aromatic N) is 2. The van der Waals surface area contributed by atoms with Crippen LogP contribution in [-0.4, -0.2) is 23.1 Å². The maximum atomic E-state index is 5.88. The molecule has 0 aliphatic rings. The van der Waals surface area contributed by atoms with Crippen LogP contribution < -0.4 is 10.1 Å². The van der Waals surface area contributed by atoms with E-state index in [1.165, 1.54) is 0 Å². The Balaban J connectivity index is 3.04. The molecule has 1 aromatic heterocycles. The smallest absolute Gasteiger partial charge is 0.221 e. The number of rotatable bonds is 6. The molecule has 0 bridgehead atoms. The van der Waals surface area contributed by atoms with E-state index < -0.39 is 0 Å². The molecule has 0 aliphatic heterocycles. The van der Waals surface area contributed by atoms with Crippen molar-refractivity contribution >= 4 is 5.82 Å². The van der Waals surface area contributed by atoms with Gasteiger partial charge in [-0.1, -0.05) is 34.6 Å². The van der Waals surface area contributed by atoms with Gasteiger partial charge in [-0.3, -0.25) is 0 Å². The fourth-order valence-electron chi connectivity index (χ4n) is 1.70. The van der Waals surface area contributed by atoms with Crippen molar-refractivity contribution in [2.75, 3.05) is 18.5 Å². The van der Waals surface area contributed by atoms with Crippen molar-refractivity contribution < 1.29 is 4.74 Å². The highest BCUT2D eigenvalue weighted by atomic mass is 16.5. The quantitative estimate of drug-likeness (QED) is 0.857. The molecular formula is C16H29N3O. The molecule has 0 saturated heterocycles. The van der Waals surface area contributed by atoms with E-state index in [1.807, 2.05) is 6.92 Å². The number of hydrogen-bond acceptors (Lipinski definition) is 4. The lowest BCUT2D eigenvalue weighted by Crippen LogP contribution is -2.19. The van der Waals surface area contributed by atoms with Gasteiger partial charge in [0.1, 0.15) is 11.6 Å². The Bertz CT molecular complexity index is 436. The topological polar surface area (TPSA) is 47.0 Å². The first-order chi connectivity index (χ1) is 9.25. The standard InChI is InChI=1S/C16H29N3O/c1-8-17-13-12(4)14(20-10-9-11(2)3)19-15(18-13)16(5,6)7/h11H,8-10H2,1-7H3,(H,17,18,19). The van der Waals surface area contributed by atoms with Crippen LogP contribution in [0.4, 0.5) is 5.82 Å². The summed E-state index contributed by atoms with van der Waals surface area (Å²) < 4.78 is 5.88. The summed E-state index contributed by atoms with van der Waals surface area (Å²) in [6, 6.07) is 0. The Kier molecular flexibility index (Phi) is 5.78. The van der Waals surface area contributed by atoms with E-state index in [9.17, 15) is 0 Å². The highest BCUT2D eigenvalue weighted by molar-refractivity contribution is 5.49. The summed E-state index contributed by atoms with van der Waals surface area (Å²) in [5, 5.41) is 3.30. The summed E-state index contributed by atoms with van der Waals surface area (Å²) in [5.41, 5.74) is 0.900. The first-order valence-electron chi connectivity index (χ1n) is 7.51. The highest BCUT2D eigenvalue weighted by Gasteiger charge is 2.21. The number of nitrogens with one attached hydrogen (secondary N) is 1. The van der Waals surface area contributed by atoms with Gasteiger partial charge >= 0.3 is 0 Å². The van der Waals surface area contributed by atoms with E-state index in [-0.39, 0.29) is 5.41 Å². The lowest BCUT2D eigenvalue weighted by atomic mass is 9.95. The molecule has 0 radical (unpaired) electrons. The van der Waals surface area contributed by atoms with Gasteiger partial charge in [0.25, 0.3) is 0 Å². The van der Waals surface area contributed by atoms with E-state index >= 15 is 0 Å². The van der Waals surface area contributed by atoms with E-state index in [4.69, 9.17) is 4.74 Å². The molecule has 0 fully saturated rings. The molecule has 0 atom stereocenters. The van der Waals surface area contributed by atoms with Crippen LogP contribution in [0.5, 0.6) is 5.88 Å². The molecule has 1 aromatic rings. The number of ether oxygens (including phenoxy) is 1. The van der Waals surface area contributed by atoms with Gasteiger partial charge in [0.05, 0.1) is 12.2 Å². The summed E-state index contributed by atoms with van der Waals surface area (Å²) in [7, 11) is 0. The predicted molar refractivity (Wildman–Crippen MR) is 84.6 cm³/mol. The van der Waals surface area contributed by atoms with Gasteiger partial charge in [-0.15, -0.1) is 0 Å². The van der Waals surface area contributed by atoms with Crippen molar-refractivity contribution in [3.63, 3.8) is 0 Å². The van der Waals surface area contributed by atoms with Crippen molar-refractivity contribution in [3.8, 4) is 5.88 Å². The van der Waals surface area contributed by atoms with Crippen molar-refractivity contribution in [3.05, 3.63) is 11.4 Å². The Morgan fingerprint density at radius 1 is 1.20 bits per heavy atom. The Hall–Kier alpha value is -1.32. The van der Waals surface area contributed by atoms with E-state index in [1.54, 1.807) is 0 Å². The molecule has 0 saturated carbocycles. The Labute approximate surface area is 123 Å². The lowest BCUT2D eigenvalue weighted by molar-refractivity contribution is 0.274. The average Bonchev–Trinajstić information content (AvgIpc) is 2.32. The fourth-order valence-corrected chi connectivity index (χ4v) is 1.70. The molecule has 1 rings (SSSR count). The summed E-state index contributed by atoms with van der Waals surface area (Å²) in [6.07, 6.45) is 1.03. The highest BCUT2D eigenvalue weighted by Crippen LogP contribution is 2.27. The van der Waals surface area contributed by atoms with Gasteiger partial charge in [0.15, 0.2) is 0 Å². The normalized spacial score (nSPS) is 11.8. The largest absolute Gasteiger partial charge is 0.477 e. The molecule has 0 amide bonds. The van der Waals surface area contributed by atoms with Crippen molar-refractivity contribution in [1.82, 2.24) is 9.97 Å². The van der Waals surface area contributed by atoms with Crippen molar-refractivity contribution in [1.29, 1.82) is 0 Å². The maximum absolute atomic E-state index is 5.88. The molecule has 0 spiro atoms. The summed E-state index contributed by atoms with van der Waals surface area (Å²) in [6.45, 7) is 16.4. The van der Waals surface area contributed by atoms with Crippen LogP contribution in [0.2, 0.25) is 0 Å². The lowest BCUT2D eigenvalue weighted by Gasteiger charge is -2.21. The number of hydrogen-bond donors (Lipinski definition) is 1. The molecular weight excluding hydrogens is 250 g/mol. The van der Waals surface area contributed by atoms with Crippen LogP contribution in [0.25, 0.3) is 0 Å². The third-order valence-electron chi connectivity index (χ3n) is 3.05. The zero-order chi connectivity index (χ0) is 15.3. The van der Waals surface area contributed by atoms with Gasteiger partial charge in [-0.05, 0) is 26.2 Å². The summed E-state index contributed by atoms with van der Waals surface area (Å²) in [5.74, 6) is 3.04. The maximum Gasteiger partial charge on any atom is 0.221 e. The Morgan fingerprint density at radius 3 is 2.35 bits per heavy atom. The second-order valence-electron chi connectivity index (χ2n) is 6.64. The second-order valence-corrected chi connectivity index (χ2v) is 6.64. The summed E-state index contributed by atoms with van der Waals surface area (Å²) in [4.78, 5) is 9.24. The van der Waals surface area contributed by atoms with Gasteiger partial charge in [-0.2, -0.15) is 4.98 Å². The molecule has 114 valence electrons. The van der Waals surface area contributed by atoms with Crippen LogP contribution in [0, 0.1) is 12.8 Å². The van der Waals surface area contributed by atoms with Crippen LogP contribution in [0.1, 0.15) is 59.4 Å². The molecule has 1 N–H and O–H groups in total. The molecule has 0 aromatic carbocycles. The van der Waals surface area contributed by atoms with E-state index in [2.05, 4.69) is 56.8 Å². The van der Waals surface area contributed by atoms with Crippen LogP contribution in [0.3, 0.4) is 0 Å². The first-order valence-corrected chi connectivity index (χ1v) is 7.51. The zero-order valence-electron chi connectivity index (χ0n) is 14.0. The third-order valence-corrected chi connectivity index (χ3v) is 3.05. The molecule has 4 heteroatoms. The average molecular weight is 279 g/mol. The van der Waals surface area contributed by atoms with Crippen LogP contribution in [0.15, 0.2) is 0 Å². The zero-order valence-corrected chi connectivity index (χ0v) is 14.0. The van der Waals surface area contributed by atoms with Crippen molar-refractivity contribution in [2.45, 2.75) is 60.3 Å². The minimum Gasteiger partial charge on any atom is -0.477 e. The minimum atomic E-state index is -0.0893. The fraction of sp³-hybridized carbons (Fsp3) is 0.750. The number of anilines is 1. The second kappa shape index (κ2) is 6.91. The third kappa shape index (κ3) is 4.66. The molecule has 4 nitrogen and oxygen atoms in total. The van der Waals surface area contributed by atoms with E-state index in [0.717, 1.165) is 30.2 Å². The SMILES string of the molecule is CCNc1nc(C(C)(C)C)nc(OCCC(C)C)c1C. The molecule has 20 heavy (non-hydrogen) atoms. The molecule has 1 heterocycles. The number of aromatic nitrogens is 2. The van der Waals surface area contributed by atoms with Crippen LogP contribution >= 0.6 is 0 Å². The Morgan fingerprint density at radius 2 is 1.85 bits per heavy atom. The van der Waals surface area contributed by atoms with Gasteiger partial charge in [0, 0.05) is 12.0 Å². The van der Waals surface area contributed by atoms with Gasteiger partial charge in [0.2, 0.25) is 5.88 Å². The first kappa shape index (κ1) is 16.7. The van der Waals surface area contributed by atoms with Gasteiger partial charge in [-0.25, -0.2) is 4.98 Å². The predicted octanol–water partition coefficient (Wildman–Crippen LogP) is 3.94. The van der Waals surface area contributed by atoms with E-state index in [0.29, 0.717) is 18.4 Å². The summed E-state index contributed by atoms with van der Waals surface area (Å²) >= 11 is 0. The molecule has 0 aliphatic carbocycles. The minimum absolute atomic E-state index is 0.0893. The van der Waals surface area contributed by atoms with Crippen molar-refractivity contribution in [2.24, 2.45) is 5.92 Å². The van der Waals surface area contributed by atoms with Crippen LogP contribution in [-0.2, 0) is 5.41 Å². The molecule has 0 unspecified atom stereocenters.